The lowest BCUT2D eigenvalue weighted by Crippen LogP contribution is -2.34. The fourth-order valence-electron chi connectivity index (χ4n) is 5.55. The van der Waals surface area contributed by atoms with E-state index in [1.165, 1.54) is 40.8 Å². The number of aromatic nitrogens is 1. The number of pyridine rings is 1. The molecule has 1 aliphatic rings. The number of hydrogen-bond donors (Lipinski definition) is 0. The summed E-state index contributed by atoms with van der Waals surface area (Å²) in [5, 5.41) is 0. The largest absolute Gasteiger partial charge is 0.212 e. The van der Waals surface area contributed by atoms with Gasteiger partial charge in [-0.05, 0) is 71.6 Å². The number of aryl methyl sites for hydroxylation is 2. The summed E-state index contributed by atoms with van der Waals surface area (Å²) in [7, 11) is 2.21. The maximum atomic E-state index is 2.44. The van der Waals surface area contributed by atoms with Crippen molar-refractivity contribution in [2.75, 3.05) is 0 Å². The molecule has 0 atom stereocenters. The molecule has 0 N–H and O–H groups in total. The van der Waals surface area contributed by atoms with Gasteiger partial charge in [0.2, 0.25) is 5.69 Å². The zero-order chi connectivity index (χ0) is 20.9. The Labute approximate surface area is 173 Å². The Hall–Kier alpha value is -1.63. The highest BCUT2D eigenvalue weighted by atomic mass is 14.9. The average molecular weight is 379 g/mol. The maximum Gasteiger partial charge on any atom is 0.212 e. The minimum atomic E-state index is 0.231. The van der Waals surface area contributed by atoms with E-state index in [0.29, 0.717) is 16.7 Å². The molecule has 1 saturated carbocycles. The van der Waals surface area contributed by atoms with Gasteiger partial charge in [0.1, 0.15) is 7.05 Å². The lowest BCUT2D eigenvalue weighted by molar-refractivity contribution is -0.661. The molecule has 1 aromatic carbocycles. The predicted molar refractivity (Wildman–Crippen MR) is 121 cm³/mol. The first-order chi connectivity index (χ1) is 12.9. The topological polar surface area (TPSA) is 3.88 Å². The monoisotopic (exact) mass is 378 g/mol. The first kappa shape index (κ1) is 21.1. The van der Waals surface area contributed by atoms with Crippen molar-refractivity contribution < 1.29 is 4.57 Å². The summed E-state index contributed by atoms with van der Waals surface area (Å²) in [6.45, 7) is 19.0. The molecule has 1 aromatic heterocycles. The van der Waals surface area contributed by atoms with Crippen LogP contribution in [0.1, 0.15) is 90.3 Å². The van der Waals surface area contributed by atoms with Crippen LogP contribution in [0, 0.1) is 17.8 Å². The summed E-state index contributed by atoms with van der Waals surface area (Å²) in [4.78, 5) is 0. The SMILES string of the molecule is CCC(C)(C)c1ccc(-c2ccc(C3C(C)(C)CCC3(C)C)c[n+]2C)c(C)c1. The van der Waals surface area contributed by atoms with Gasteiger partial charge in [0.15, 0.2) is 6.20 Å². The van der Waals surface area contributed by atoms with Crippen molar-refractivity contribution in [3.63, 3.8) is 0 Å². The highest BCUT2D eigenvalue weighted by Crippen LogP contribution is 2.58. The molecule has 28 heavy (non-hydrogen) atoms. The lowest BCUT2D eigenvalue weighted by Gasteiger charge is -2.35. The van der Waals surface area contributed by atoms with Crippen molar-refractivity contribution in [1.29, 1.82) is 0 Å². The molecule has 2 aromatic rings. The average Bonchev–Trinajstić information content (AvgIpc) is 2.83. The van der Waals surface area contributed by atoms with Crippen molar-refractivity contribution in [2.45, 2.75) is 86.0 Å². The first-order valence-electron chi connectivity index (χ1n) is 11.0. The van der Waals surface area contributed by atoms with Gasteiger partial charge >= 0.3 is 0 Å². The lowest BCUT2D eigenvalue weighted by atomic mass is 9.69. The molecule has 0 aliphatic heterocycles. The summed E-state index contributed by atoms with van der Waals surface area (Å²) < 4.78 is 2.34. The molecule has 1 aliphatic carbocycles. The van der Waals surface area contributed by atoms with E-state index >= 15 is 0 Å². The van der Waals surface area contributed by atoms with E-state index in [2.05, 4.69) is 104 Å². The summed E-state index contributed by atoms with van der Waals surface area (Å²) in [5.74, 6) is 0.606. The normalized spacial score (nSPS) is 19.2. The van der Waals surface area contributed by atoms with Gasteiger partial charge in [0.05, 0.1) is 0 Å². The van der Waals surface area contributed by atoms with E-state index in [9.17, 15) is 0 Å². The molecule has 0 radical (unpaired) electrons. The minimum Gasteiger partial charge on any atom is -0.201 e. The van der Waals surface area contributed by atoms with E-state index in [-0.39, 0.29) is 5.41 Å². The Balaban J connectivity index is 2.00. The molecule has 0 saturated heterocycles. The molecule has 0 spiro atoms. The van der Waals surface area contributed by atoms with Gasteiger partial charge in [-0.1, -0.05) is 60.6 Å². The molecule has 0 unspecified atom stereocenters. The maximum absolute atomic E-state index is 2.44. The number of hydrogen-bond acceptors (Lipinski definition) is 0. The van der Waals surface area contributed by atoms with Crippen molar-refractivity contribution in [3.8, 4) is 11.3 Å². The van der Waals surface area contributed by atoms with Crippen LogP contribution in [0.3, 0.4) is 0 Å². The van der Waals surface area contributed by atoms with Gasteiger partial charge in [-0.15, -0.1) is 0 Å². The van der Waals surface area contributed by atoms with Gasteiger partial charge in [-0.25, -0.2) is 4.57 Å². The van der Waals surface area contributed by atoms with Crippen molar-refractivity contribution in [1.82, 2.24) is 0 Å². The highest BCUT2D eigenvalue weighted by molar-refractivity contribution is 5.62. The number of rotatable bonds is 4. The van der Waals surface area contributed by atoms with Crippen LogP contribution in [-0.2, 0) is 12.5 Å². The van der Waals surface area contributed by atoms with Crippen LogP contribution in [0.15, 0.2) is 36.5 Å². The number of nitrogens with zero attached hydrogens (tertiary/aromatic N) is 1. The van der Waals surface area contributed by atoms with Crippen LogP contribution in [0.2, 0.25) is 0 Å². The van der Waals surface area contributed by atoms with Crippen molar-refractivity contribution >= 4 is 0 Å². The fourth-order valence-corrected chi connectivity index (χ4v) is 5.55. The van der Waals surface area contributed by atoms with E-state index in [1.807, 2.05) is 0 Å². The second-order valence-corrected chi connectivity index (χ2v) is 11.1. The second kappa shape index (κ2) is 7.01. The van der Waals surface area contributed by atoms with E-state index in [4.69, 9.17) is 0 Å². The van der Waals surface area contributed by atoms with Crippen molar-refractivity contribution in [2.24, 2.45) is 17.9 Å². The molecule has 1 heteroatoms. The summed E-state index contributed by atoms with van der Waals surface area (Å²) in [5.41, 5.74) is 7.89. The van der Waals surface area contributed by atoms with Crippen LogP contribution >= 0.6 is 0 Å². The van der Waals surface area contributed by atoms with Gasteiger partial charge in [-0.2, -0.15) is 0 Å². The molecule has 0 bridgehead atoms. The third-order valence-electron chi connectivity index (χ3n) is 7.63. The molecule has 152 valence electrons. The molecular weight excluding hydrogens is 338 g/mol. The third kappa shape index (κ3) is 3.65. The number of benzene rings is 1. The Kier molecular flexibility index (Phi) is 5.28. The standard InChI is InChI=1S/C27H40N/c1-10-25(3,4)21-12-13-22(19(2)17-21)23-14-11-20(18-28(23)9)24-26(5,6)15-16-27(24,7)8/h11-14,17-18,24H,10,15-16H2,1-9H3/q+1. The summed E-state index contributed by atoms with van der Waals surface area (Å²) in [6, 6.07) is 11.8. The Morgan fingerprint density at radius 1 is 1.00 bits per heavy atom. The van der Waals surface area contributed by atoms with Gasteiger partial charge in [-0.3, -0.25) is 0 Å². The minimum absolute atomic E-state index is 0.231. The van der Waals surface area contributed by atoms with E-state index in [0.717, 1.165) is 6.42 Å². The quantitative estimate of drug-likeness (QED) is 0.499. The zero-order valence-electron chi connectivity index (χ0n) is 19.6. The molecule has 3 rings (SSSR count). The van der Waals surface area contributed by atoms with Crippen LogP contribution in [0.4, 0.5) is 0 Å². The van der Waals surface area contributed by atoms with Crippen LogP contribution in [-0.4, -0.2) is 0 Å². The predicted octanol–water partition coefficient (Wildman–Crippen LogP) is 7.10. The first-order valence-corrected chi connectivity index (χ1v) is 11.0. The zero-order valence-corrected chi connectivity index (χ0v) is 19.6. The van der Waals surface area contributed by atoms with Gasteiger partial charge < -0.3 is 0 Å². The highest BCUT2D eigenvalue weighted by Gasteiger charge is 2.48. The molecule has 0 amide bonds. The summed E-state index contributed by atoms with van der Waals surface area (Å²) in [6.07, 6.45) is 6.16. The van der Waals surface area contributed by atoms with Gasteiger partial charge in [0, 0.05) is 17.2 Å². The van der Waals surface area contributed by atoms with Crippen LogP contribution in [0.25, 0.3) is 11.3 Å². The van der Waals surface area contributed by atoms with E-state index < -0.39 is 0 Å². The Morgan fingerprint density at radius 2 is 1.61 bits per heavy atom. The third-order valence-corrected chi connectivity index (χ3v) is 7.63. The molecular formula is C27H40N+. The molecule has 1 fully saturated rings. The Morgan fingerprint density at radius 3 is 2.11 bits per heavy atom. The van der Waals surface area contributed by atoms with Crippen LogP contribution < -0.4 is 4.57 Å². The smallest absolute Gasteiger partial charge is 0.201 e. The van der Waals surface area contributed by atoms with Gasteiger partial charge in [0.25, 0.3) is 0 Å². The Bertz CT molecular complexity index is 854. The van der Waals surface area contributed by atoms with Crippen molar-refractivity contribution in [3.05, 3.63) is 53.2 Å². The second-order valence-electron chi connectivity index (χ2n) is 11.1. The van der Waals surface area contributed by atoms with Crippen LogP contribution in [0.5, 0.6) is 0 Å². The molecule has 1 nitrogen and oxygen atoms in total. The van der Waals surface area contributed by atoms with E-state index in [1.54, 1.807) is 0 Å². The fraction of sp³-hybridized carbons (Fsp3) is 0.593. The molecule has 1 heterocycles. The summed E-state index contributed by atoms with van der Waals surface area (Å²) >= 11 is 0.